The van der Waals surface area contributed by atoms with E-state index < -0.39 is 6.10 Å². The first kappa shape index (κ1) is 8.94. The van der Waals surface area contributed by atoms with Gasteiger partial charge in [0.2, 0.25) is 0 Å². The van der Waals surface area contributed by atoms with Gasteiger partial charge in [-0.15, -0.1) is 0 Å². The van der Waals surface area contributed by atoms with E-state index in [4.69, 9.17) is 0 Å². The zero-order valence-corrected chi connectivity index (χ0v) is 8.53. The van der Waals surface area contributed by atoms with Crippen molar-refractivity contribution in [2.75, 3.05) is 0 Å². The summed E-state index contributed by atoms with van der Waals surface area (Å²) in [6, 6.07) is 8.51. The van der Waals surface area contributed by atoms with Crippen LogP contribution in [-0.2, 0) is 11.8 Å². The van der Waals surface area contributed by atoms with Gasteiger partial charge in [0, 0.05) is 6.42 Å². The molecule has 0 aromatic heterocycles. The first-order chi connectivity index (χ1) is 7.27. The van der Waals surface area contributed by atoms with Gasteiger partial charge in [-0.3, -0.25) is 0 Å². The number of nitrogens with zero attached hydrogens (tertiary/aromatic N) is 1. The molecule has 0 radical (unpaired) electrons. The van der Waals surface area contributed by atoms with Crippen molar-refractivity contribution >= 4 is 0 Å². The largest absolute Gasteiger partial charge is 0.388 e. The Morgan fingerprint density at radius 2 is 2.33 bits per heavy atom. The molecule has 0 spiro atoms. The maximum atomic E-state index is 9.98. The van der Waals surface area contributed by atoms with Crippen molar-refractivity contribution in [3.05, 3.63) is 34.9 Å². The first-order valence-corrected chi connectivity index (χ1v) is 5.48. The standard InChI is InChI=1S/C13H13NO/c14-8-13-6-2-4-9-3-1-5-10(12(9)13)11(15)7-13/h1,3,5,11,15H,2,4,6-7H2/t11-,13-/m1/s1. The Labute approximate surface area is 89.2 Å². The Hall–Kier alpha value is -1.33. The zero-order valence-electron chi connectivity index (χ0n) is 8.53. The molecule has 2 atom stereocenters. The molecule has 2 aliphatic carbocycles. The summed E-state index contributed by atoms with van der Waals surface area (Å²) >= 11 is 0. The fraction of sp³-hybridized carbons (Fsp3) is 0.462. The predicted octanol–water partition coefficient (Wildman–Crippen LogP) is 2.22. The van der Waals surface area contributed by atoms with Crippen molar-refractivity contribution in [2.45, 2.75) is 37.2 Å². The normalized spacial score (nSPS) is 32.1. The molecule has 3 rings (SSSR count). The van der Waals surface area contributed by atoms with E-state index >= 15 is 0 Å². The molecule has 1 aromatic carbocycles. The molecule has 2 aliphatic rings. The smallest absolute Gasteiger partial charge is 0.0856 e. The minimum absolute atomic E-state index is 0.385. The monoisotopic (exact) mass is 199 g/mol. The molecule has 0 unspecified atom stereocenters. The highest BCUT2D eigenvalue weighted by molar-refractivity contribution is 5.52. The van der Waals surface area contributed by atoms with Crippen LogP contribution in [0.2, 0.25) is 0 Å². The molecule has 76 valence electrons. The molecule has 2 nitrogen and oxygen atoms in total. The SMILES string of the molecule is N#C[C@]12CCCc3cccc(c31)[C@H](O)C2. The lowest BCUT2D eigenvalue weighted by atomic mass is 9.72. The van der Waals surface area contributed by atoms with Gasteiger partial charge in [0.25, 0.3) is 0 Å². The van der Waals surface area contributed by atoms with E-state index in [2.05, 4.69) is 12.1 Å². The first-order valence-electron chi connectivity index (χ1n) is 5.48. The van der Waals surface area contributed by atoms with Gasteiger partial charge in [-0.1, -0.05) is 18.2 Å². The molecule has 1 N–H and O–H groups in total. The second-order valence-electron chi connectivity index (χ2n) is 4.65. The van der Waals surface area contributed by atoms with Crippen molar-refractivity contribution in [3.8, 4) is 6.07 Å². The maximum absolute atomic E-state index is 9.98. The van der Waals surface area contributed by atoms with E-state index in [-0.39, 0.29) is 5.41 Å². The van der Waals surface area contributed by atoms with Gasteiger partial charge in [0.05, 0.1) is 17.6 Å². The van der Waals surface area contributed by atoms with E-state index in [1.165, 1.54) is 5.56 Å². The van der Waals surface area contributed by atoms with E-state index in [0.29, 0.717) is 6.42 Å². The van der Waals surface area contributed by atoms with Gasteiger partial charge < -0.3 is 5.11 Å². The van der Waals surface area contributed by atoms with E-state index in [0.717, 1.165) is 30.4 Å². The van der Waals surface area contributed by atoms with Crippen LogP contribution in [-0.4, -0.2) is 5.11 Å². The maximum Gasteiger partial charge on any atom is 0.0856 e. The number of aryl methyl sites for hydroxylation is 1. The average molecular weight is 199 g/mol. The van der Waals surface area contributed by atoms with Crippen LogP contribution in [0.3, 0.4) is 0 Å². The Morgan fingerprint density at radius 1 is 1.47 bits per heavy atom. The van der Waals surface area contributed by atoms with Gasteiger partial charge in [-0.25, -0.2) is 0 Å². The lowest BCUT2D eigenvalue weighted by molar-refractivity contribution is 0.161. The van der Waals surface area contributed by atoms with Crippen LogP contribution in [0, 0.1) is 11.3 Å². The van der Waals surface area contributed by atoms with Crippen molar-refractivity contribution in [3.63, 3.8) is 0 Å². The summed E-state index contributed by atoms with van der Waals surface area (Å²) in [5.41, 5.74) is 3.03. The molecule has 0 heterocycles. The molecule has 15 heavy (non-hydrogen) atoms. The number of aliphatic hydroxyl groups is 1. The second kappa shape index (κ2) is 2.84. The van der Waals surface area contributed by atoms with Crippen LogP contribution in [0.5, 0.6) is 0 Å². The molecule has 0 saturated heterocycles. The molecule has 0 aliphatic heterocycles. The molecular formula is C13H13NO. The van der Waals surface area contributed by atoms with Crippen molar-refractivity contribution in [1.82, 2.24) is 0 Å². The summed E-state index contributed by atoms with van der Waals surface area (Å²) in [6.07, 6.45) is 3.19. The van der Waals surface area contributed by atoms with E-state index in [9.17, 15) is 10.4 Å². The summed E-state index contributed by atoms with van der Waals surface area (Å²) in [7, 11) is 0. The molecule has 0 bridgehead atoms. The summed E-state index contributed by atoms with van der Waals surface area (Å²) in [4.78, 5) is 0. The molecule has 0 saturated carbocycles. The Bertz CT molecular complexity index is 460. The predicted molar refractivity (Wildman–Crippen MR) is 56.2 cm³/mol. The van der Waals surface area contributed by atoms with Crippen LogP contribution in [0.15, 0.2) is 18.2 Å². The van der Waals surface area contributed by atoms with Crippen LogP contribution in [0.4, 0.5) is 0 Å². The van der Waals surface area contributed by atoms with Crippen LogP contribution >= 0.6 is 0 Å². The minimum Gasteiger partial charge on any atom is -0.388 e. The molecule has 0 amide bonds. The average Bonchev–Trinajstić information content (AvgIpc) is 2.56. The minimum atomic E-state index is -0.433. The molecule has 0 fully saturated rings. The second-order valence-corrected chi connectivity index (χ2v) is 4.65. The van der Waals surface area contributed by atoms with Crippen LogP contribution < -0.4 is 0 Å². The Balaban J connectivity index is 2.31. The van der Waals surface area contributed by atoms with Crippen molar-refractivity contribution in [1.29, 1.82) is 5.26 Å². The van der Waals surface area contributed by atoms with Crippen molar-refractivity contribution < 1.29 is 5.11 Å². The number of benzene rings is 1. The fourth-order valence-electron chi connectivity index (χ4n) is 3.20. The van der Waals surface area contributed by atoms with Crippen LogP contribution in [0.25, 0.3) is 0 Å². The van der Waals surface area contributed by atoms with Gasteiger partial charge in [0.1, 0.15) is 0 Å². The third-order valence-electron chi connectivity index (χ3n) is 3.83. The number of hydrogen-bond donors (Lipinski definition) is 1. The number of hydrogen-bond acceptors (Lipinski definition) is 2. The highest BCUT2D eigenvalue weighted by Crippen LogP contribution is 2.51. The quantitative estimate of drug-likeness (QED) is 0.696. The van der Waals surface area contributed by atoms with E-state index in [1.54, 1.807) is 0 Å². The fourth-order valence-corrected chi connectivity index (χ4v) is 3.20. The van der Waals surface area contributed by atoms with Gasteiger partial charge in [0.15, 0.2) is 0 Å². The van der Waals surface area contributed by atoms with Gasteiger partial charge >= 0.3 is 0 Å². The Kier molecular flexibility index (Phi) is 1.69. The topological polar surface area (TPSA) is 44.0 Å². The lowest BCUT2D eigenvalue weighted by Gasteiger charge is -2.29. The number of aliphatic hydroxyl groups excluding tert-OH is 1. The highest BCUT2D eigenvalue weighted by atomic mass is 16.3. The van der Waals surface area contributed by atoms with Crippen LogP contribution in [0.1, 0.15) is 42.1 Å². The van der Waals surface area contributed by atoms with Crippen molar-refractivity contribution in [2.24, 2.45) is 0 Å². The summed E-state index contributed by atoms with van der Waals surface area (Å²) in [5.74, 6) is 0. The Morgan fingerprint density at radius 3 is 3.13 bits per heavy atom. The summed E-state index contributed by atoms with van der Waals surface area (Å²) < 4.78 is 0. The molecular weight excluding hydrogens is 186 g/mol. The lowest BCUT2D eigenvalue weighted by Crippen LogP contribution is -2.26. The third kappa shape index (κ3) is 1.02. The summed E-state index contributed by atoms with van der Waals surface area (Å²) in [5, 5.41) is 19.4. The molecule has 2 heteroatoms. The number of nitriles is 1. The molecule has 1 aromatic rings. The third-order valence-corrected chi connectivity index (χ3v) is 3.83. The van der Waals surface area contributed by atoms with Gasteiger partial charge in [-0.05, 0) is 36.0 Å². The number of rotatable bonds is 0. The van der Waals surface area contributed by atoms with E-state index in [1.807, 2.05) is 12.1 Å². The summed E-state index contributed by atoms with van der Waals surface area (Å²) in [6.45, 7) is 0. The highest BCUT2D eigenvalue weighted by Gasteiger charge is 2.46. The zero-order chi connectivity index (χ0) is 10.5. The van der Waals surface area contributed by atoms with Gasteiger partial charge in [-0.2, -0.15) is 5.26 Å².